The second-order valence-electron chi connectivity index (χ2n) is 18.1. The first-order chi connectivity index (χ1) is 34.3. The summed E-state index contributed by atoms with van der Waals surface area (Å²) in [6.45, 7) is 7.24. The van der Waals surface area contributed by atoms with Gasteiger partial charge in [0.05, 0.1) is 22.9 Å². The number of aromatic nitrogens is 4. The van der Waals surface area contributed by atoms with E-state index < -0.39 is 11.8 Å². The standard InChI is InChI=1S/C56H62N10O4/c1-4-66(65-33-12-7-13-34-65)54-48-36-44(24-30-50(48)61-63-54)59-56(68)52(42-21-27-46(28-22-42)70-38-40-17-10-6-11-18-40)51(41-19-25-45(26-20-41)69-37-39-15-8-5-9-16-39)55(67)58-43-23-29-49-47(35-43)53(62-60-49)57-31-14-32-64(2)3/h5-6,8-11,15-30,35-36,51-52H,4,7,12-14,31-34,37-38H2,1-3H3,(H,58,67)(H,59,68)(H,61,63)(H2,57,60,62). The first-order valence-electron chi connectivity index (χ1n) is 24.3. The summed E-state index contributed by atoms with van der Waals surface area (Å²) < 4.78 is 12.4. The molecule has 0 bridgehead atoms. The lowest BCUT2D eigenvalue weighted by molar-refractivity contribution is -0.124. The first kappa shape index (κ1) is 47.4. The predicted octanol–water partition coefficient (Wildman–Crippen LogP) is 10.3. The number of hydrogen-bond acceptors (Lipinski definition) is 10. The molecule has 0 radical (unpaired) electrons. The normalized spacial score (nSPS) is 13.8. The van der Waals surface area contributed by atoms with E-state index in [9.17, 15) is 0 Å². The van der Waals surface area contributed by atoms with Crippen molar-refractivity contribution in [2.24, 2.45) is 0 Å². The second kappa shape index (κ2) is 22.6. The van der Waals surface area contributed by atoms with Crippen LogP contribution >= 0.6 is 0 Å². The molecule has 1 fully saturated rings. The Balaban J connectivity index is 1.07. The number of hydrogen-bond donors (Lipinski definition) is 5. The number of anilines is 4. The number of aromatic amines is 2. The summed E-state index contributed by atoms with van der Waals surface area (Å²) in [5.41, 5.74) is 6.19. The Bertz CT molecular complexity index is 2950. The summed E-state index contributed by atoms with van der Waals surface area (Å²) in [4.78, 5) is 32.8. The smallest absolute Gasteiger partial charge is 0.233 e. The van der Waals surface area contributed by atoms with Crippen molar-refractivity contribution >= 4 is 56.6 Å². The Hall–Kier alpha value is -7.68. The SMILES string of the molecule is CCN(c1n[nH]c2ccc(NC(=O)C(c3ccc(OCc4ccccc4)cc3)C(C(=O)Nc3ccc4[nH]nc(NCCCN(C)C)c4c3)c3ccc(OCc4ccccc4)cc3)cc12)N1CCCCC1. The van der Waals surface area contributed by atoms with Gasteiger partial charge in [-0.2, -0.15) is 10.2 Å². The molecule has 1 saturated heterocycles. The van der Waals surface area contributed by atoms with Crippen LogP contribution in [0.15, 0.2) is 146 Å². The average Bonchev–Trinajstić information content (AvgIpc) is 4.00. The Morgan fingerprint density at radius 2 is 1.16 bits per heavy atom. The molecule has 2 atom stereocenters. The molecule has 2 amide bonds. The van der Waals surface area contributed by atoms with Gasteiger partial charge >= 0.3 is 0 Å². The molecule has 14 heteroatoms. The third kappa shape index (κ3) is 11.6. The molecule has 1 aliphatic heterocycles. The number of hydrazine groups is 1. The van der Waals surface area contributed by atoms with E-state index in [2.05, 4.69) is 67.2 Å². The maximum absolute atomic E-state index is 15.3. The molecule has 2 aromatic heterocycles. The van der Waals surface area contributed by atoms with E-state index in [-0.39, 0.29) is 11.8 Å². The fourth-order valence-electron chi connectivity index (χ4n) is 9.16. The minimum absolute atomic E-state index is 0.357. The number of rotatable bonds is 21. The maximum atomic E-state index is 15.3. The van der Waals surface area contributed by atoms with E-state index in [0.29, 0.717) is 53.0 Å². The number of carbonyl (C=O) groups excluding carboxylic acids is 2. The van der Waals surface area contributed by atoms with E-state index in [1.165, 1.54) is 6.42 Å². The summed E-state index contributed by atoms with van der Waals surface area (Å²) in [5, 5.41) is 31.9. The Kier molecular flexibility index (Phi) is 15.3. The summed E-state index contributed by atoms with van der Waals surface area (Å²) >= 11 is 0. The van der Waals surface area contributed by atoms with Gasteiger partial charge in [0.25, 0.3) is 0 Å². The molecule has 1 aliphatic rings. The number of H-pyrrole nitrogens is 2. The van der Waals surface area contributed by atoms with Crippen molar-refractivity contribution in [2.75, 3.05) is 67.8 Å². The van der Waals surface area contributed by atoms with Crippen LogP contribution in [0.1, 0.15) is 66.7 Å². The number of nitrogens with zero attached hydrogens (tertiary/aromatic N) is 5. The van der Waals surface area contributed by atoms with E-state index in [0.717, 1.165) is 90.7 Å². The highest BCUT2D eigenvalue weighted by Crippen LogP contribution is 2.38. The second-order valence-corrected chi connectivity index (χ2v) is 18.1. The molecular formula is C56H62N10O4. The van der Waals surface area contributed by atoms with E-state index in [4.69, 9.17) is 14.6 Å². The Morgan fingerprint density at radius 3 is 1.69 bits per heavy atom. The van der Waals surface area contributed by atoms with Gasteiger partial charge in [-0.1, -0.05) is 91.3 Å². The first-order valence-corrected chi connectivity index (χ1v) is 24.3. The van der Waals surface area contributed by atoms with Crippen LogP contribution in [0.2, 0.25) is 0 Å². The van der Waals surface area contributed by atoms with Crippen LogP contribution in [0.25, 0.3) is 21.8 Å². The van der Waals surface area contributed by atoms with Gasteiger partial charge in [0.1, 0.15) is 24.7 Å². The largest absolute Gasteiger partial charge is 0.489 e. The minimum Gasteiger partial charge on any atom is -0.489 e. The zero-order chi connectivity index (χ0) is 48.2. The van der Waals surface area contributed by atoms with Gasteiger partial charge in [0.2, 0.25) is 11.8 Å². The fourth-order valence-corrected chi connectivity index (χ4v) is 9.16. The summed E-state index contributed by atoms with van der Waals surface area (Å²) in [7, 11) is 4.11. The van der Waals surface area contributed by atoms with Crippen LogP contribution in [-0.2, 0) is 22.8 Å². The van der Waals surface area contributed by atoms with Crippen molar-refractivity contribution in [3.05, 3.63) is 168 Å². The number of fused-ring (bicyclic) bond motifs is 2. The van der Waals surface area contributed by atoms with Crippen LogP contribution < -0.4 is 30.4 Å². The lowest BCUT2D eigenvalue weighted by atomic mass is 9.79. The lowest BCUT2D eigenvalue weighted by Crippen LogP contribution is -2.46. The topological polar surface area (TPSA) is 156 Å². The molecule has 70 heavy (non-hydrogen) atoms. The lowest BCUT2D eigenvalue weighted by Gasteiger charge is -2.37. The van der Waals surface area contributed by atoms with Gasteiger partial charge in [-0.15, -0.1) is 0 Å². The molecule has 0 aliphatic carbocycles. The van der Waals surface area contributed by atoms with Crippen molar-refractivity contribution in [2.45, 2.75) is 57.7 Å². The zero-order valence-electron chi connectivity index (χ0n) is 40.2. The molecule has 0 spiro atoms. The van der Waals surface area contributed by atoms with Crippen LogP contribution in [0.5, 0.6) is 11.5 Å². The van der Waals surface area contributed by atoms with Gasteiger partial charge in [-0.05, 0) is 130 Å². The van der Waals surface area contributed by atoms with Gasteiger partial charge < -0.3 is 30.3 Å². The highest BCUT2D eigenvalue weighted by atomic mass is 16.5. The van der Waals surface area contributed by atoms with Crippen LogP contribution in [0.3, 0.4) is 0 Å². The quantitative estimate of drug-likeness (QED) is 0.0440. The Morgan fingerprint density at radius 1 is 0.643 bits per heavy atom. The third-order valence-electron chi connectivity index (χ3n) is 12.8. The molecular weight excluding hydrogens is 877 g/mol. The third-order valence-corrected chi connectivity index (χ3v) is 12.8. The molecule has 360 valence electrons. The Labute approximate surface area is 409 Å². The molecule has 2 unspecified atom stereocenters. The zero-order valence-corrected chi connectivity index (χ0v) is 40.2. The van der Waals surface area contributed by atoms with Crippen molar-refractivity contribution < 1.29 is 19.1 Å². The molecule has 9 rings (SSSR count). The van der Waals surface area contributed by atoms with Crippen LogP contribution in [0, 0.1) is 0 Å². The molecule has 6 aromatic carbocycles. The molecule has 3 heterocycles. The highest BCUT2D eigenvalue weighted by Gasteiger charge is 2.37. The van der Waals surface area contributed by atoms with Gasteiger partial charge in [-0.3, -0.25) is 24.8 Å². The van der Waals surface area contributed by atoms with Crippen LogP contribution in [0.4, 0.5) is 23.0 Å². The van der Waals surface area contributed by atoms with Gasteiger partial charge in [0.15, 0.2) is 11.6 Å². The minimum atomic E-state index is -1.01. The average molecular weight is 939 g/mol. The van der Waals surface area contributed by atoms with Gasteiger partial charge in [-0.25, -0.2) is 5.01 Å². The number of piperidine rings is 1. The van der Waals surface area contributed by atoms with E-state index >= 15 is 9.59 Å². The van der Waals surface area contributed by atoms with Crippen molar-refractivity contribution in [3.8, 4) is 11.5 Å². The van der Waals surface area contributed by atoms with Gasteiger partial charge in [0, 0.05) is 48.3 Å². The van der Waals surface area contributed by atoms with Crippen molar-refractivity contribution in [1.82, 2.24) is 30.3 Å². The predicted molar refractivity (Wildman–Crippen MR) is 279 cm³/mol. The monoisotopic (exact) mass is 938 g/mol. The fraction of sp³-hybridized carbons (Fsp3) is 0.286. The van der Waals surface area contributed by atoms with Crippen molar-refractivity contribution in [3.63, 3.8) is 0 Å². The molecule has 8 aromatic rings. The summed E-state index contributed by atoms with van der Waals surface area (Å²) in [6, 6.07) is 46.3. The van der Waals surface area contributed by atoms with Crippen LogP contribution in [-0.4, -0.2) is 88.9 Å². The number of benzene rings is 6. The number of ether oxygens (including phenoxy) is 2. The highest BCUT2D eigenvalue weighted by molar-refractivity contribution is 6.06. The van der Waals surface area contributed by atoms with Crippen molar-refractivity contribution in [1.29, 1.82) is 0 Å². The van der Waals surface area contributed by atoms with E-state index in [1.807, 2.05) is 146 Å². The number of amides is 2. The molecule has 5 N–H and O–H groups in total. The molecule has 14 nitrogen and oxygen atoms in total. The van der Waals surface area contributed by atoms with E-state index in [1.54, 1.807) is 0 Å². The maximum Gasteiger partial charge on any atom is 0.233 e. The molecule has 0 saturated carbocycles. The summed E-state index contributed by atoms with van der Waals surface area (Å²) in [6.07, 6.45) is 4.42. The summed E-state index contributed by atoms with van der Waals surface area (Å²) in [5.74, 6) is 0.0551. The number of carbonyl (C=O) groups is 2. The number of nitrogens with one attached hydrogen (secondary N) is 5.